The molecule has 2 aromatic heterocycles. The molecule has 7 nitrogen and oxygen atoms in total. The summed E-state index contributed by atoms with van der Waals surface area (Å²) in [5.41, 5.74) is 3.21. The SMILES string of the molecule is CSc1ccc(-c2cc(CNC(=O)[C@@H]3CCCN3S(=O)(=O)c3cc4ccccc4o3)ccn2)cc1. The van der Waals surface area contributed by atoms with Crippen molar-refractivity contribution < 1.29 is 17.6 Å². The lowest BCUT2D eigenvalue weighted by Crippen LogP contribution is -2.45. The molecule has 0 saturated carbocycles. The van der Waals surface area contributed by atoms with Gasteiger partial charge in [-0.25, -0.2) is 8.42 Å². The van der Waals surface area contributed by atoms with Gasteiger partial charge in [-0.1, -0.05) is 30.3 Å². The van der Waals surface area contributed by atoms with Crippen LogP contribution in [-0.4, -0.2) is 42.5 Å². The highest BCUT2D eigenvalue weighted by Crippen LogP contribution is 2.30. The number of sulfonamides is 1. The highest BCUT2D eigenvalue weighted by atomic mass is 32.2. The second-order valence-corrected chi connectivity index (χ2v) is 11.1. The van der Waals surface area contributed by atoms with E-state index in [-0.39, 0.29) is 24.1 Å². The second kappa shape index (κ2) is 9.85. The summed E-state index contributed by atoms with van der Waals surface area (Å²) in [7, 11) is -3.93. The van der Waals surface area contributed by atoms with E-state index in [4.69, 9.17) is 4.42 Å². The van der Waals surface area contributed by atoms with Crippen molar-refractivity contribution in [1.29, 1.82) is 0 Å². The van der Waals surface area contributed by atoms with Crippen LogP contribution in [0.1, 0.15) is 18.4 Å². The quantitative estimate of drug-likeness (QED) is 0.365. The smallest absolute Gasteiger partial charge is 0.277 e. The van der Waals surface area contributed by atoms with Crippen LogP contribution in [-0.2, 0) is 21.4 Å². The predicted molar refractivity (Wildman–Crippen MR) is 136 cm³/mol. The Balaban J connectivity index is 1.29. The Morgan fingerprint density at radius 2 is 1.94 bits per heavy atom. The van der Waals surface area contributed by atoms with Gasteiger partial charge in [0.1, 0.15) is 11.6 Å². The number of furan rings is 1. The van der Waals surface area contributed by atoms with E-state index in [1.807, 2.05) is 48.7 Å². The Labute approximate surface area is 208 Å². The van der Waals surface area contributed by atoms with Gasteiger partial charge in [0, 0.05) is 41.2 Å². The van der Waals surface area contributed by atoms with Crippen molar-refractivity contribution in [2.24, 2.45) is 0 Å². The number of hydrogen-bond acceptors (Lipinski definition) is 6. The van der Waals surface area contributed by atoms with E-state index in [2.05, 4.69) is 10.3 Å². The summed E-state index contributed by atoms with van der Waals surface area (Å²) in [6.45, 7) is 0.565. The van der Waals surface area contributed by atoms with Gasteiger partial charge in [0.2, 0.25) is 11.0 Å². The van der Waals surface area contributed by atoms with Crippen LogP contribution in [0.5, 0.6) is 0 Å². The maximum atomic E-state index is 13.3. The first kappa shape index (κ1) is 23.6. The number of pyridine rings is 1. The monoisotopic (exact) mass is 507 g/mol. The minimum absolute atomic E-state index is 0.135. The molecule has 1 saturated heterocycles. The largest absolute Gasteiger partial charge is 0.443 e. The van der Waals surface area contributed by atoms with E-state index in [0.717, 1.165) is 16.8 Å². The number of amides is 1. The number of aromatic nitrogens is 1. The summed E-state index contributed by atoms with van der Waals surface area (Å²) in [6, 6.07) is 19.8. The van der Waals surface area contributed by atoms with Crippen molar-refractivity contribution >= 4 is 38.7 Å². The van der Waals surface area contributed by atoms with Gasteiger partial charge in [0.25, 0.3) is 10.0 Å². The summed E-state index contributed by atoms with van der Waals surface area (Å²) in [5, 5.41) is 3.49. The van der Waals surface area contributed by atoms with Gasteiger partial charge in [0.05, 0.1) is 5.69 Å². The van der Waals surface area contributed by atoms with E-state index < -0.39 is 16.1 Å². The molecule has 1 aliphatic rings. The van der Waals surface area contributed by atoms with Crippen molar-refractivity contribution in [3.8, 4) is 11.3 Å². The predicted octanol–water partition coefficient (Wildman–Crippen LogP) is 4.69. The number of nitrogens with one attached hydrogen (secondary N) is 1. The van der Waals surface area contributed by atoms with Crippen LogP contribution in [0.2, 0.25) is 0 Å². The third-order valence-corrected chi connectivity index (χ3v) is 8.66. The maximum Gasteiger partial charge on any atom is 0.277 e. The molecule has 3 heterocycles. The molecule has 180 valence electrons. The molecule has 4 aromatic rings. The fourth-order valence-corrected chi connectivity index (χ4v) is 6.32. The minimum Gasteiger partial charge on any atom is -0.443 e. The topological polar surface area (TPSA) is 92.5 Å². The van der Waals surface area contributed by atoms with Crippen LogP contribution >= 0.6 is 11.8 Å². The lowest BCUT2D eigenvalue weighted by molar-refractivity contribution is -0.124. The number of hydrogen-bond donors (Lipinski definition) is 1. The fraction of sp³-hybridized carbons (Fsp3) is 0.231. The molecule has 35 heavy (non-hydrogen) atoms. The van der Waals surface area contributed by atoms with Crippen LogP contribution in [0.15, 0.2) is 87.3 Å². The summed E-state index contributed by atoms with van der Waals surface area (Å²) < 4.78 is 33.4. The Hall–Kier alpha value is -3.14. The number of nitrogens with zero attached hydrogens (tertiary/aromatic N) is 2. The molecule has 0 spiro atoms. The number of carbonyl (C=O) groups is 1. The molecule has 0 aliphatic carbocycles. The summed E-state index contributed by atoms with van der Waals surface area (Å²) in [6.07, 6.45) is 4.83. The van der Waals surface area contributed by atoms with Gasteiger partial charge in [0.15, 0.2) is 0 Å². The number of rotatable bonds is 7. The van der Waals surface area contributed by atoms with Gasteiger partial charge >= 0.3 is 0 Å². The molecule has 2 aromatic carbocycles. The lowest BCUT2D eigenvalue weighted by atomic mass is 10.1. The average molecular weight is 508 g/mol. The summed E-state index contributed by atoms with van der Waals surface area (Å²) in [4.78, 5) is 18.7. The Morgan fingerprint density at radius 3 is 2.71 bits per heavy atom. The van der Waals surface area contributed by atoms with E-state index >= 15 is 0 Å². The molecule has 1 atom stereocenters. The second-order valence-electron chi connectivity index (χ2n) is 8.37. The molecule has 0 unspecified atom stereocenters. The van der Waals surface area contributed by atoms with Crippen LogP contribution in [0.25, 0.3) is 22.2 Å². The van der Waals surface area contributed by atoms with Crippen molar-refractivity contribution in [3.63, 3.8) is 0 Å². The van der Waals surface area contributed by atoms with Crippen LogP contribution in [0.4, 0.5) is 0 Å². The molecule has 1 N–H and O–H groups in total. The molecule has 1 amide bonds. The van der Waals surface area contributed by atoms with Gasteiger partial charge in [-0.15, -0.1) is 11.8 Å². The third kappa shape index (κ3) is 4.84. The summed E-state index contributed by atoms with van der Waals surface area (Å²) in [5.74, 6) is -0.315. The number of benzene rings is 2. The Bertz CT molecular complexity index is 1430. The van der Waals surface area contributed by atoms with Crippen molar-refractivity contribution in [2.45, 2.75) is 35.4 Å². The molecule has 1 aliphatic heterocycles. The zero-order valence-corrected chi connectivity index (χ0v) is 20.8. The molecule has 0 radical (unpaired) electrons. The number of carbonyl (C=O) groups excluding carboxylic acids is 1. The first-order valence-electron chi connectivity index (χ1n) is 11.3. The van der Waals surface area contributed by atoms with Gasteiger partial charge in [-0.05, 0) is 55.0 Å². The van der Waals surface area contributed by atoms with E-state index in [0.29, 0.717) is 23.8 Å². The third-order valence-electron chi connectivity index (χ3n) is 6.15. The molecule has 5 rings (SSSR count). The van der Waals surface area contributed by atoms with Crippen LogP contribution < -0.4 is 5.32 Å². The summed E-state index contributed by atoms with van der Waals surface area (Å²) >= 11 is 1.68. The van der Waals surface area contributed by atoms with Crippen molar-refractivity contribution in [1.82, 2.24) is 14.6 Å². The lowest BCUT2D eigenvalue weighted by Gasteiger charge is -2.22. The maximum absolute atomic E-state index is 13.3. The number of para-hydroxylation sites is 1. The van der Waals surface area contributed by atoms with Crippen LogP contribution in [0, 0.1) is 0 Å². The first-order valence-corrected chi connectivity index (χ1v) is 14.0. The van der Waals surface area contributed by atoms with Crippen LogP contribution in [0.3, 0.4) is 0 Å². The molecular formula is C26H25N3O4S2. The molecule has 1 fully saturated rings. The first-order chi connectivity index (χ1) is 17.0. The van der Waals surface area contributed by atoms with Gasteiger partial charge < -0.3 is 9.73 Å². The Morgan fingerprint density at radius 1 is 1.14 bits per heavy atom. The zero-order chi connectivity index (χ0) is 24.4. The average Bonchev–Trinajstić information content (AvgIpc) is 3.56. The molecular weight excluding hydrogens is 482 g/mol. The van der Waals surface area contributed by atoms with Crippen molar-refractivity contribution in [3.05, 3.63) is 78.5 Å². The normalized spacial score (nSPS) is 16.5. The highest BCUT2D eigenvalue weighted by Gasteiger charge is 2.41. The Kier molecular flexibility index (Phi) is 6.64. The van der Waals surface area contributed by atoms with E-state index in [1.54, 1.807) is 36.2 Å². The van der Waals surface area contributed by atoms with Gasteiger partial charge in [-0.2, -0.15) is 4.31 Å². The fourth-order valence-electron chi connectivity index (χ4n) is 4.30. The van der Waals surface area contributed by atoms with Gasteiger partial charge in [-0.3, -0.25) is 9.78 Å². The van der Waals surface area contributed by atoms with E-state index in [1.165, 1.54) is 15.3 Å². The molecule has 0 bridgehead atoms. The number of fused-ring (bicyclic) bond motifs is 1. The van der Waals surface area contributed by atoms with E-state index in [9.17, 15) is 13.2 Å². The minimum atomic E-state index is -3.93. The number of thioether (sulfide) groups is 1. The standard InChI is InChI=1S/C26H25N3O4S2/c1-34-21-10-8-19(9-11-21)22-15-18(12-13-27-22)17-28-26(30)23-6-4-14-29(23)35(31,32)25-16-20-5-2-3-7-24(20)33-25/h2-3,5,7-13,15-16,23H,4,6,14,17H2,1H3,(H,28,30)/t23-/m0/s1. The highest BCUT2D eigenvalue weighted by molar-refractivity contribution is 7.98. The zero-order valence-electron chi connectivity index (χ0n) is 19.2. The van der Waals surface area contributed by atoms with Crippen molar-refractivity contribution in [2.75, 3.05) is 12.8 Å². The molecule has 9 heteroatoms.